The van der Waals surface area contributed by atoms with Crippen LogP contribution in [0.25, 0.3) is 28.2 Å². The molecule has 3 heterocycles. The number of para-hydroxylation sites is 1. The van der Waals surface area contributed by atoms with E-state index in [1.165, 1.54) is 22.9 Å². The molecule has 0 saturated heterocycles. The number of aromatic nitrogens is 4. The summed E-state index contributed by atoms with van der Waals surface area (Å²) < 4.78 is 31.4. The van der Waals surface area contributed by atoms with Crippen molar-refractivity contribution in [1.29, 1.82) is 0 Å². The molecule has 2 aromatic carbocycles. The van der Waals surface area contributed by atoms with Crippen LogP contribution in [0.1, 0.15) is 19.4 Å². The first-order valence-corrected chi connectivity index (χ1v) is 10.2. The molecule has 1 aliphatic rings. The first-order chi connectivity index (χ1) is 15.2. The van der Waals surface area contributed by atoms with Crippen LogP contribution in [0.4, 0.5) is 14.6 Å². The van der Waals surface area contributed by atoms with Crippen LogP contribution in [0.2, 0.25) is 0 Å². The van der Waals surface area contributed by atoms with Gasteiger partial charge in [0.2, 0.25) is 0 Å². The first-order valence-electron chi connectivity index (χ1n) is 10.2. The van der Waals surface area contributed by atoms with Gasteiger partial charge in [-0.1, -0.05) is 18.2 Å². The SMILES string of the molecule is Cc1ccccc1-n1nc(-c2c(-c3ccc(F)cc3F)nn3c2NC(C)(C)C3)ccc1=O. The van der Waals surface area contributed by atoms with Gasteiger partial charge >= 0.3 is 0 Å². The monoisotopic (exact) mass is 433 g/mol. The van der Waals surface area contributed by atoms with Crippen LogP contribution >= 0.6 is 0 Å². The molecule has 162 valence electrons. The second kappa shape index (κ2) is 7.12. The van der Waals surface area contributed by atoms with Crippen molar-refractivity contribution >= 4 is 5.82 Å². The molecule has 2 aromatic heterocycles. The number of hydrogen-bond donors (Lipinski definition) is 1. The van der Waals surface area contributed by atoms with Crippen molar-refractivity contribution in [3.63, 3.8) is 0 Å². The van der Waals surface area contributed by atoms with Gasteiger partial charge in [-0.15, -0.1) is 0 Å². The van der Waals surface area contributed by atoms with Crippen molar-refractivity contribution in [3.8, 4) is 28.2 Å². The third kappa shape index (κ3) is 3.28. The Morgan fingerprint density at radius 3 is 2.56 bits per heavy atom. The molecular formula is C24H21F2N5O. The summed E-state index contributed by atoms with van der Waals surface area (Å²) in [4.78, 5) is 12.6. The van der Waals surface area contributed by atoms with Crippen molar-refractivity contribution in [3.05, 3.63) is 82.1 Å². The molecule has 0 fully saturated rings. The molecule has 8 heteroatoms. The van der Waals surface area contributed by atoms with E-state index in [1.54, 1.807) is 10.7 Å². The molecule has 0 spiro atoms. The molecule has 0 radical (unpaired) electrons. The Morgan fingerprint density at radius 1 is 1.03 bits per heavy atom. The Hall–Kier alpha value is -3.81. The number of nitrogens with zero attached hydrogens (tertiary/aromatic N) is 4. The Morgan fingerprint density at radius 2 is 1.81 bits per heavy atom. The smallest absolute Gasteiger partial charge is 0.271 e. The Balaban J connectivity index is 1.76. The second-order valence-electron chi connectivity index (χ2n) is 8.62. The minimum atomic E-state index is -0.713. The highest BCUT2D eigenvalue weighted by Gasteiger charge is 2.34. The summed E-state index contributed by atoms with van der Waals surface area (Å²) in [6.45, 7) is 6.53. The minimum absolute atomic E-state index is 0.165. The summed E-state index contributed by atoms with van der Waals surface area (Å²) in [5.41, 5.74) is 2.52. The van der Waals surface area contributed by atoms with Gasteiger partial charge in [-0.3, -0.25) is 4.79 Å². The zero-order valence-electron chi connectivity index (χ0n) is 17.9. The molecule has 4 aromatic rings. The molecule has 0 bridgehead atoms. The number of fused-ring (bicyclic) bond motifs is 1. The van der Waals surface area contributed by atoms with Gasteiger partial charge in [-0.05, 0) is 50.6 Å². The average Bonchev–Trinajstić information content (AvgIpc) is 3.20. The number of benzene rings is 2. The fraction of sp³-hybridized carbons (Fsp3) is 0.208. The molecule has 1 N–H and O–H groups in total. The van der Waals surface area contributed by atoms with Crippen molar-refractivity contribution in [2.75, 3.05) is 5.32 Å². The molecule has 1 aliphatic heterocycles. The number of halogens is 2. The highest BCUT2D eigenvalue weighted by Crippen LogP contribution is 2.42. The van der Waals surface area contributed by atoms with Gasteiger partial charge in [-0.2, -0.15) is 14.9 Å². The molecule has 0 amide bonds. The molecule has 0 unspecified atom stereocenters. The van der Waals surface area contributed by atoms with Gasteiger partial charge in [0.15, 0.2) is 0 Å². The van der Waals surface area contributed by atoms with E-state index >= 15 is 0 Å². The predicted octanol–water partition coefficient (Wildman–Crippen LogP) is 4.55. The minimum Gasteiger partial charge on any atom is -0.363 e. The van der Waals surface area contributed by atoms with Crippen LogP contribution in [0.3, 0.4) is 0 Å². The number of aryl methyl sites for hydroxylation is 1. The third-order valence-corrected chi connectivity index (χ3v) is 5.54. The summed E-state index contributed by atoms with van der Waals surface area (Å²) in [6.07, 6.45) is 0. The lowest BCUT2D eigenvalue weighted by atomic mass is 10.0. The molecule has 0 atom stereocenters. The van der Waals surface area contributed by atoms with E-state index in [9.17, 15) is 13.6 Å². The highest BCUT2D eigenvalue weighted by molar-refractivity contribution is 5.88. The lowest BCUT2D eigenvalue weighted by Crippen LogP contribution is -2.28. The summed E-state index contributed by atoms with van der Waals surface area (Å²) in [6, 6.07) is 13.9. The van der Waals surface area contributed by atoms with E-state index in [-0.39, 0.29) is 16.7 Å². The number of anilines is 1. The highest BCUT2D eigenvalue weighted by atomic mass is 19.1. The average molecular weight is 433 g/mol. The van der Waals surface area contributed by atoms with E-state index in [1.807, 2.05) is 45.0 Å². The van der Waals surface area contributed by atoms with Crippen LogP contribution in [0, 0.1) is 18.6 Å². The number of nitrogens with one attached hydrogen (secondary N) is 1. The number of rotatable bonds is 3. The van der Waals surface area contributed by atoms with Crippen LogP contribution in [0.15, 0.2) is 59.4 Å². The van der Waals surface area contributed by atoms with Crippen LogP contribution in [-0.2, 0) is 6.54 Å². The van der Waals surface area contributed by atoms with Gasteiger partial charge < -0.3 is 5.32 Å². The summed E-state index contributed by atoms with van der Waals surface area (Å²) in [5.74, 6) is -0.698. The Kier molecular flexibility index (Phi) is 4.47. The summed E-state index contributed by atoms with van der Waals surface area (Å²) in [5, 5.41) is 12.7. The van der Waals surface area contributed by atoms with E-state index in [2.05, 4.69) is 15.5 Å². The standard InChI is InChI=1S/C24H21F2N5O/c1-14-6-4-5-7-19(14)31-20(32)11-10-18(28-31)21-22(16-9-8-15(25)12-17(16)26)29-30-13-24(2,3)27-23(21)30/h4-12,27H,13H2,1-3H3. The lowest BCUT2D eigenvalue weighted by molar-refractivity contribution is 0.495. The lowest BCUT2D eigenvalue weighted by Gasteiger charge is -2.18. The maximum Gasteiger partial charge on any atom is 0.271 e. The van der Waals surface area contributed by atoms with Gasteiger partial charge in [0, 0.05) is 17.7 Å². The predicted molar refractivity (Wildman–Crippen MR) is 119 cm³/mol. The van der Waals surface area contributed by atoms with Crippen LogP contribution in [-0.4, -0.2) is 25.1 Å². The van der Waals surface area contributed by atoms with E-state index in [0.29, 0.717) is 35.0 Å². The molecule has 0 aliphatic carbocycles. The molecule has 6 nitrogen and oxygen atoms in total. The van der Waals surface area contributed by atoms with E-state index in [4.69, 9.17) is 0 Å². The topological polar surface area (TPSA) is 64.7 Å². The Labute approximate surface area is 183 Å². The normalized spacial score (nSPS) is 14.3. The largest absolute Gasteiger partial charge is 0.363 e. The fourth-order valence-corrected chi connectivity index (χ4v) is 4.07. The van der Waals surface area contributed by atoms with Crippen molar-refractivity contribution < 1.29 is 8.78 Å². The summed E-state index contributed by atoms with van der Waals surface area (Å²) in [7, 11) is 0. The maximum atomic E-state index is 14.7. The molecule has 0 saturated carbocycles. The van der Waals surface area contributed by atoms with E-state index in [0.717, 1.165) is 11.6 Å². The Bertz CT molecular complexity index is 1420. The first kappa shape index (κ1) is 20.1. The van der Waals surface area contributed by atoms with Gasteiger partial charge in [-0.25, -0.2) is 13.5 Å². The van der Waals surface area contributed by atoms with Crippen LogP contribution in [0.5, 0.6) is 0 Å². The zero-order valence-corrected chi connectivity index (χ0v) is 17.9. The van der Waals surface area contributed by atoms with Gasteiger partial charge in [0.05, 0.1) is 29.0 Å². The third-order valence-electron chi connectivity index (χ3n) is 5.54. The maximum absolute atomic E-state index is 14.7. The van der Waals surface area contributed by atoms with Crippen molar-refractivity contribution in [1.82, 2.24) is 19.6 Å². The zero-order chi connectivity index (χ0) is 22.6. The van der Waals surface area contributed by atoms with Crippen molar-refractivity contribution in [2.45, 2.75) is 32.9 Å². The second-order valence-corrected chi connectivity index (χ2v) is 8.62. The number of hydrogen-bond acceptors (Lipinski definition) is 4. The summed E-state index contributed by atoms with van der Waals surface area (Å²) >= 11 is 0. The van der Waals surface area contributed by atoms with Crippen molar-refractivity contribution in [2.24, 2.45) is 0 Å². The quantitative estimate of drug-likeness (QED) is 0.515. The van der Waals surface area contributed by atoms with Gasteiger partial charge in [0.1, 0.15) is 23.1 Å². The molecular weight excluding hydrogens is 412 g/mol. The van der Waals surface area contributed by atoms with E-state index < -0.39 is 11.6 Å². The molecule has 5 rings (SSSR count). The van der Waals surface area contributed by atoms with Gasteiger partial charge in [0.25, 0.3) is 5.56 Å². The molecule has 32 heavy (non-hydrogen) atoms. The van der Waals surface area contributed by atoms with Crippen LogP contribution < -0.4 is 10.9 Å². The fourth-order valence-electron chi connectivity index (χ4n) is 4.07.